The van der Waals surface area contributed by atoms with Gasteiger partial charge >= 0.3 is 0 Å². The third kappa shape index (κ3) is 4.13. The summed E-state index contributed by atoms with van der Waals surface area (Å²) in [5.41, 5.74) is 0. The average Bonchev–Trinajstić information content (AvgIpc) is 2.11. The Morgan fingerprint density at radius 2 is 2.42 bits per heavy atom. The predicted molar refractivity (Wildman–Crippen MR) is 48.9 cm³/mol. The largest absolute Gasteiger partial charge is 0.364 e. The molecule has 0 aromatic heterocycles. The van der Waals surface area contributed by atoms with Crippen LogP contribution in [0.15, 0.2) is 12.7 Å². The fraction of sp³-hybridized carbons (Fsp3) is 0.667. The summed E-state index contributed by atoms with van der Waals surface area (Å²) in [5, 5.41) is 2.56. The molecule has 1 atom stereocenters. The van der Waals surface area contributed by atoms with E-state index in [1.54, 1.807) is 13.1 Å². The van der Waals surface area contributed by atoms with Crippen molar-refractivity contribution < 1.29 is 9.53 Å². The molecule has 70 valence electrons. The van der Waals surface area contributed by atoms with Gasteiger partial charge in [-0.3, -0.25) is 4.79 Å². The summed E-state index contributed by atoms with van der Waals surface area (Å²) >= 11 is 0. The molecule has 0 saturated heterocycles. The smallest absolute Gasteiger partial charge is 0.248 e. The molecular formula is C9H17NO2. The van der Waals surface area contributed by atoms with Crippen molar-refractivity contribution in [2.75, 3.05) is 13.7 Å². The topological polar surface area (TPSA) is 38.3 Å². The minimum absolute atomic E-state index is 0.0568. The number of rotatable bonds is 6. The predicted octanol–water partition coefficient (Wildman–Crippen LogP) is 1.10. The van der Waals surface area contributed by atoms with Gasteiger partial charge < -0.3 is 10.1 Å². The van der Waals surface area contributed by atoms with E-state index in [2.05, 4.69) is 11.9 Å². The minimum atomic E-state index is -0.321. The van der Waals surface area contributed by atoms with Crippen LogP contribution in [-0.2, 0) is 9.53 Å². The van der Waals surface area contributed by atoms with E-state index in [0.717, 1.165) is 12.8 Å². The van der Waals surface area contributed by atoms with Crippen LogP contribution < -0.4 is 5.32 Å². The second-order valence-electron chi connectivity index (χ2n) is 2.51. The Labute approximate surface area is 73.8 Å². The molecule has 1 amide bonds. The van der Waals surface area contributed by atoms with E-state index in [1.165, 1.54) is 0 Å². The molecule has 0 radical (unpaired) electrons. The highest BCUT2D eigenvalue weighted by atomic mass is 16.5. The van der Waals surface area contributed by atoms with E-state index < -0.39 is 0 Å². The molecule has 0 saturated carbocycles. The molecule has 0 aromatic rings. The lowest BCUT2D eigenvalue weighted by Crippen LogP contribution is -2.34. The first-order chi connectivity index (χ1) is 5.76. The van der Waals surface area contributed by atoms with Gasteiger partial charge in [0.25, 0.3) is 0 Å². The summed E-state index contributed by atoms with van der Waals surface area (Å²) < 4.78 is 5.25. The number of hydrogen-bond donors (Lipinski definition) is 1. The van der Waals surface area contributed by atoms with Crippen LogP contribution in [0.25, 0.3) is 0 Å². The second kappa shape index (κ2) is 6.85. The van der Waals surface area contributed by atoms with E-state index >= 15 is 0 Å². The van der Waals surface area contributed by atoms with Crippen molar-refractivity contribution in [3.63, 3.8) is 0 Å². The van der Waals surface area contributed by atoms with E-state index in [-0.39, 0.29) is 12.0 Å². The first kappa shape index (κ1) is 11.2. The van der Waals surface area contributed by atoms with Gasteiger partial charge in [-0.15, -0.1) is 6.58 Å². The maximum absolute atomic E-state index is 11.1. The first-order valence-corrected chi connectivity index (χ1v) is 4.20. The fourth-order valence-corrected chi connectivity index (χ4v) is 0.897. The number of nitrogens with one attached hydrogen (secondary N) is 1. The summed E-state index contributed by atoms with van der Waals surface area (Å²) in [5.74, 6) is -0.0568. The quantitative estimate of drug-likeness (QED) is 0.608. The van der Waals surface area contributed by atoms with Crippen LogP contribution in [0.2, 0.25) is 0 Å². The fourth-order valence-electron chi connectivity index (χ4n) is 0.897. The average molecular weight is 171 g/mol. The Morgan fingerprint density at radius 1 is 1.75 bits per heavy atom. The zero-order valence-corrected chi connectivity index (χ0v) is 7.80. The number of hydrogen-bond acceptors (Lipinski definition) is 2. The molecule has 1 unspecified atom stereocenters. The zero-order chi connectivity index (χ0) is 9.40. The van der Waals surface area contributed by atoms with Gasteiger partial charge in [-0.2, -0.15) is 0 Å². The van der Waals surface area contributed by atoms with Crippen molar-refractivity contribution in [1.82, 2.24) is 5.32 Å². The molecule has 0 fully saturated rings. The summed E-state index contributed by atoms with van der Waals surface area (Å²) in [4.78, 5) is 11.1. The number of carbonyl (C=O) groups excluding carboxylic acids is 1. The highest BCUT2D eigenvalue weighted by Crippen LogP contribution is 2.01. The van der Waals surface area contributed by atoms with Crippen molar-refractivity contribution in [2.45, 2.75) is 25.9 Å². The zero-order valence-electron chi connectivity index (χ0n) is 7.80. The summed E-state index contributed by atoms with van der Waals surface area (Å²) in [6.07, 6.45) is 3.02. The molecule has 1 N–H and O–H groups in total. The van der Waals surface area contributed by atoms with Gasteiger partial charge in [-0.05, 0) is 6.42 Å². The van der Waals surface area contributed by atoms with Crippen molar-refractivity contribution in [2.24, 2.45) is 0 Å². The van der Waals surface area contributed by atoms with Crippen LogP contribution in [0, 0.1) is 0 Å². The Bertz CT molecular complexity index is 145. The van der Waals surface area contributed by atoms with E-state index in [4.69, 9.17) is 4.74 Å². The van der Waals surface area contributed by atoms with Crippen LogP contribution in [0.1, 0.15) is 19.8 Å². The van der Waals surface area contributed by atoms with Crippen molar-refractivity contribution in [3.05, 3.63) is 12.7 Å². The van der Waals surface area contributed by atoms with Crippen LogP contribution in [0.4, 0.5) is 0 Å². The van der Waals surface area contributed by atoms with Gasteiger partial charge in [0.05, 0.1) is 6.61 Å². The highest BCUT2D eigenvalue weighted by Gasteiger charge is 2.15. The molecule has 0 rings (SSSR count). The molecule has 0 spiro atoms. The van der Waals surface area contributed by atoms with Crippen LogP contribution >= 0.6 is 0 Å². The Morgan fingerprint density at radius 3 is 2.83 bits per heavy atom. The lowest BCUT2D eigenvalue weighted by atomic mass is 10.2. The molecule has 0 bridgehead atoms. The van der Waals surface area contributed by atoms with E-state index in [9.17, 15) is 4.79 Å². The van der Waals surface area contributed by atoms with Crippen LogP contribution in [0.5, 0.6) is 0 Å². The normalized spacial score (nSPS) is 12.2. The van der Waals surface area contributed by atoms with Gasteiger partial charge in [0.2, 0.25) is 5.91 Å². The van der Waals surface area contributed by atoms with Crippen molar-refractivity contribution in [3.8, 4) is 0 Å². The maximum atomic E-state index is 11.1. The van der Waals surface area contributed by atoms with E-state index in [0.29, 0.717) is 6.61 Å². The van der Waals surface area contributed by atoms with Crippen molar-refractivity contribution >= 4 is 5.91 Å². The molecule has 0 aliphatic rings. The molecule has 3 nitrogen and oxygen atoms in total. The maximum Gasteiger partial charge on any atom is 0.248 e. The number of likely N-dealkylation sites (N-methyl/N-ethyl adjacent to an activating group) is 1. The molecule has 0 heterocycles. The Kier molecular flexibility index (Phi) is 6.38. The third-order valence-electron chi connectivity index (χ3n) is 1.50. The molecule has 0 aliphatic carbocycles. The van der Waals surface area contributed by atoms with Crippen LogP contribution in [0.3, 0.4) is 0 Å². The van der Waals surface area contributed by atoms with Gasteiger partial charge in [0.1, 0.15) is 6.10 Å². The Balaban J connectivity index is 3.84. The monoisotopic (exact) mass is 171 g/mol. The first-order valence-electron chi connectivity index (χ1n) is 4.20. The minimum Gasteiger partial charge on any atom is -0.364 e. The molecule has 3 heteroatoms. The summed E-state index contributed by atoms with van der Waals surface area (Å²) in [6.45, 7) is 5.97. The third-order valence-corrected chi connectivity index (χ3v) is 1.50. The van der Waals surface area contributed by atoms with Gasteiger partial charge in [0.15, 0.2) is 0 Å². The highest BCUT2D eigenvalue weighted by molar-refractivity contribution is 5.80. The van der Waals surface area contributed by atoms with Gasteiger partial charge in [-0.1, -0.05) is 19.4 Å². The summed E-state index contributed by atoms with van der Waals surface area (Å²) in [6, 6.07) is 0. The SMILES string of the molecule is C=CCOC(CCC)C(=O)NC. The molecule has 0 aromatic carbocycles. The van der Waals surface area contributed by atoms with E-state index in [1.807, 2.05) is 6.92 Å². The number of carbonyl (C=O) groups is 1. The Hall–Kier alpha value is -0.830. The second-order valence-corrected chi connectivity index (χ2v) is 2.51. The molecular weight excluding hydrogens is 154 g/mol. The molecule has 12 heavy (non-hydrogen) atoms. The standard InChI is InChI=1S/C9H17NO2/c1-4-6-8(9(11)10-3)12-7-5-2/h5,8H,2,4,6-7H2,1,3H3,(H,10,11). The summed E-state index contributed by atoms with van der Waals surface area (Å²) in [7, 11) is 1.61. The number of amides is 1. The van der Waals surface area contributed by atoms with Gasteiger partial charge in [-0.25, -0.2) is 0 Å². The number of ether oxygens (including phenoxy) is 1. The molecule has 0 aliphatic heterocycles. The van der Waals surface area contributed by atoms with Gasteiger partial charge in [0, 0.05) is 7.05 Å². The lowest BCUT2D eigenvalue weighted by Gasteiger charge is -2.13. The van der Waals surface area contributed by atoms with Crippen LogP contribution in [-0.4, -0.2) is 25.7 Å². The van der Waals surface area contributed by atoms with Crippen molar-refractivity contribution in [1.29, 1.82) is 0 Å². The lowest BCUT2D eigenvalue weighted by molar-refractivity contribution is -0.131.